The molecule has 0 aliphatic carbocycles. The second-order valence-corrected chi connectivity index (χ2v) is 3.45. The van der Waals surface area contributed by atoms with Crippen LogP contribution in [-0.4, -0.2) is 19.7 Å². The van der Waals surface area contributed by atoms with Crippen LogP contribution in [-0.2, 0) is 4.74 Å². The monoisotopic (exact) mass is 221 g/mol. The molecule has 2 N–H and O–H groups in total. The average Bonchev–Trinajstić information content (AvgIpc) is 2.26. The number of benzene rings is 1. The van der Waals surface area contributed by atoms with Gasteiger partial charge in [0.25, 0.3) is 0 Å². The molecule has 0 saturated carbocycles. The van der Waals surface area contributed by atoms with Gasteiger partial charge in [-0.05, 0) is 24.6 Å². The minimum Gasteiger partial charge on any atom is -0.487 e. The lowest BCUT2D eigenvalue weighted by Crippen LogP contribution is -2.08. The molecule has 0 aliphatic heterocycles. The van der Waals surface area contributed by atoms with Crippen molar-refractivity contribution in [1.29, 1.82) is 0 Å². The fourth-order valence-electron chi connectivity index (χ4n) is 1.16. The number of hydrogen-bond donors (Lipinski definition) is 1. The lowest BCUT2D eigenvalue weighted by molar-refractivity contribution is 0.0601. The predicted molar refractivity (Wildman–Crippen MR) is 62.5 cm³/mol. The normalized spacial score (nSPS) is 9.62. The van der Waals surface area contributed by atoms with Gasteiger partial charge in [-0.3, -0.25) is 0 Å². The van der Waals surface area contributed by atoms with Gasteiger partial charge in [-0.1, -0.05) is 12.6 Å². The van der Waals surface area contributed by atoms with Crippen molar-refractivity contribution in [3.63, 3.8) is 0 Å². The molecule has 4 nitrogen and oxygen atoms in total. The van der Waals surface area contributed by atoms with E-state index < -0.39 is 5.97 Å². The van der Waals surface area contributed by atoms with Crippen molar-refractivity contribution < 1.29 is 14.3 Å². The van der Waals surface area contributed by atoms with Crippen LogP contribution in [0.2, 0.25) is 0 Å². The van der Waals surface area contributed by atoms with Crippen LogP contribution in [0.4, 0.5) is 5.69 Å². The molecule has 0 radical (unpaired) electrons. The van der Waals surface area contributed by atoms with Crippen molar-refractivity contribution in [3.05, 3.63) is 35.9 Å². The summed E-state index contributed by atoms with van der Waals surface area (Å²) in [6, 6.07) is 4.98. The highest BCUT2D eigenvalue weighted by molar-refractivity contribution is 5.96. The van der Waals surface area contributed by atoms with Crippen molar-refractivity contribution in [3.8, 4) is 5.75 Å². The molecule has 0 amide bonds. The van der Waals surface area contributed by atoms with Crippen LogP contribution in [0.1, 0.15) is 17.3 Å². The quantitative estimate of drug-likeness (QED) is 0.480. The van der Waals surface area contributed by atoms with Crippen LogP contribution in [0.25, 0.3) is 0 Å². The molecular formula is C12H15NO3. The van der Waals surface area contributed by atoms with E-state index in [2.05, 4.69) is 11.3 Å². The first-order valence-corrected chi connectivity index (χ1v) is 4.80. The Morgan fingerprint density at radius 3 is 2.75 bits per heavy atom. The molecule has 16 heavy (non-hydrogen) atoms. The van der Waals surface area contributed by atoms with Crippen LogP contribution in [0.5, 0.6) is 5.75 Å². The molecule has 0 heterocycles. The zero-order chi connectivity index (χ0) is 12.1. The number of nitrogens with two attached hydrogens (primary N) is 1. The second-order valence-electron chi connectivity index (χ2n) is 3.45. The van der Waals surface area contributed by atoms with E-state index in [9.17, 15) is 4.79 Å². The summed E-state index contributed by atoms with van der Waals surface area (Å²) in [5.74, 6) is -0.0100. The maximum atomic E-state index is 11.3. The highest BCUT2D eigenvalue weighted by atomic mass is 16.5. The number of anilines is 1. The number of methoxy groups -OCH3 is 1. The van der Waals surface area contributed by atoms with Crippen molar-refractivity contribution >= 4 is 11.7 Å². The average molecular weight is 221 g/mol. The smallest absolute Gasteiger partial charge is 0.340 e. The summed E-state index contributed by atoms with van der Waals surface area (Å²) in [4.78, 5) is 11.3. The Morgan fingerprint density at radius 1 is 1.50 bits per heavy atom. The lowest BCUT2D eigenvalue weighted by Gasteiger charge is -2.11. The van der Waals surface area contributed by atoms with Gasteiger partial charge < -0.3 is 15.2 Å². The molecule has 4 heteroatoms. The molecule has 0 unspecified atom stereocenters. The van der Waals surface area contributed by atoms with Gasteiger partial charge in [-0.2, -0.15) is 0 Å². The third-order valence-electron chi connectivity index (χ3n) is 1.95. The Hall–Kier alpha value is -1.97. The molecule has 0 fully saturated rings. The Morgan fingerprint density at radius 2 is 2.19 bits per heavy atom. The Labute approximate surface area is 94.7 Å². The van der Waals surface area contributed by atoms with Gasteiger partial charge in [0, 0.05) is 0 Å². The Balaban J connectivity index is 2.94. The van der Waals surface area contributed by atoms with Crippen molar-refractivity contribution in [1.82, 2.24) is 0 Å². The number of ether oxygens (including phenoxy) is 2. The standard InChI is InChI=1S/C12H15NO3/c1-8(2)7-16-10-6-4-5-9(11(10)13)12(14)15-3/h4-6H,1,7,13H2,2-3H3. The third kappa shape index (κ3) is 2.76. The Kier molecular flexibility index (Phi) is 3.94. The SMILES string of the molecule is C=C(C)COc1cccc(C(=O)OC)c1N. The summed E-state index contributed by atoms with van der Waals surface area (Å²) in [6.07, 6.45) is 0. The van der Waals surface area contributed by atoms with Gasteiger partial charge in [0.2, 0.25) is 0 Å². The van der Waals surface area contributed by atoms with Gasteiger partial charge in [-0.15, -0.1) is 0 Å². The molecule has 0 aromatic heterocycles. The van der Waals surface area contributed by atoms with Gasteiger partial charge in [0.05, 0.1) is 18.4 Å². The number of carbonyl (C=O) groups excluding carboxylic acids is 1. The molecule has 0 bridgehead atoms. The van der Waals surface area contributed by atoms with Gasteiger partial charge in [0.1, 0.15) is 12.4 Å². The molecule has 0 aliphatic rings. The number of carbonyl (C=O) groups is 1. The van der Waals surface area contributed by atoms with Crippen molar-refractivity contribution in [2.45, 2.75) is 6.92 Å². The van der Waals surface area contributed by atoms with E-state index >= 15 is 0 Å². The molecule has 0 atom stereocenters. The van der Waals surface area contributed by atoms with Gasteiger partial charge in [-0.25, -0.2) is 4.79 Å². The van der Waals surface area contributed by atoms with E-state index in [1.165, 1.54) is 7.11 Å². The lowest BCUT2D eigenvalue weighted by atomic mass is 10.1. The van der Waals surface area contributed by atoms with E-state index in [4.69, 9.17) is 10.5 Å². The fourth-order valence-corrected chi connectivity index (χ4v) is 1.16. The first-order valence-electron chi connectivity index (χ1n) is 4.80. The van der Waals surface area contributed by atoms with Crippen LogP contribution < -0.4 is 10.5 Å². The maximum Gasteiger partial charge on any atom is 0.340 e. The largest absolute Gasteiger partial charge is 0.487 e. The summed E-state index contributed by atoms with van der Waals surface area (Å²) in [5, 5.41) is 0. The zero-order valence-electron chi connectivity index (χ0n) is 9.45. The summed E-state index contributed by atoms with van der Waals surface area (Å²) >= 11 is 0. The summed E-state index contributed by atoms with van der Waals surface area (Å²) in [6.45, 7) is 5.93. The van der Waals surface area contributed by atoms with E-state index in [0.717, 1.165) is 5.57 Å². The third-order valence-corrected chi connectivity index (χ3v) is 1.95. The predicted octanol–water partition coefficient (Wildman–Crippen LogP) is 2.01. The van der Waals surface area contributed by atoms with Crippen molar-refractivity contribution in [2.75, 3.05) is 19.5 Å². The number of nitrogen functional groups attached to an aromatic ring is 1. The van der Waals surface area contributed by atoms with Crippen LogP contribution in [0, 0.1) is 0 Å². The first kappa shape index (κ1) is 12.1. The second kappa shape index (κ2) is 5.21. The van der Waals surface area contributed by atoms with E-state index in [0.29, 0.717) is 17.9 Å². The molecule has 86 valence electrons. The fraction of sp³-hybridized carbons (Fsp3) is 0.250. The number of para-hydroxylation sites is 1. The van der Waals surface area contributed by atoms with Crippen LogP contribution in [0.3, 0.4) is 0 Å². The summed E-state index contributed by atoms with van der Waals surface area (Å²) in [5.41, 5.74) is 7.26. The molecule has 1 aromatic rings. The van der Waals surface area contributed by atoms with Crippen LogP contribution in [0.15, 0.2) is 30.4 Å². The van der Waals surface area contributed by atoms with Gasteiger partial charge >= 0.3 is 5.97 Å². The highest BCUT2D eigenvalue weighted by Crippen LogP contribution is 2.25. The maximum absolute atomic E-state index is 11.3. The molecule has 1 rings (SSSR count). The zero-order valence-corrected chi connectivity index (χ0v) is 9.45. The van der Waals surface area contributed by atoms with Crippen molar-refractivity contribution in [2.24, 2.45) is 0 Å². The first-order chi connectivity index (χ1) is 7.56. The minimum absolute atomic E-state index is 0.288. The molecule has 1 aromatic carbocycles. The summed E-state index contributed by atoms with van der Waals surface area (Å²) in [7, 11) is 1.31. The topological polar surface area (TPSA) is 61.5 Å². The minimum atomic E-state index is -0.474. The van der Waals surface area contributed by atoms with E-state index in [-0.39, 0.29) is 5.69 Å². The van der Waals surface area contributed by atoms with Gasteiger partial charge in [0.15, 0.2) is 0 Å². The summed E-state index contributed by atoms with van der Waals surface area (Å²) < 4.78 is 10.0. The number of hydrogen-bond acceptors (Lipinski definition) is 4. The van der Waals surface area contributed by atoms with E-state index in [1.54, 1.807) is 18.2 Å². The molecule has 0 spiro atoms. The molecular weight excluding hydrogens is 206 g/mol. The molecule has 0 saturated heterocycles. The Bertz CT molecular complexity index is 413. The number of esters is 1. The number of rotatable bonds is 4. The van der Waals surface area contributed by atoms with Crippen LogP contribution >= 0.6 is 0 Å². The highest BCUT2D eigenvalue weighted by Gasteiger charge is 2.13. The van der Waals surface area contributed by atoms with E-state index in [1.807, 2.05) is 6.92 Å².